The molecule has 2 N–H and O–H groups in total. The molecule has 0 aliphatic heterocycles. The highest BCUT2D eigenvalue weighted by Crippen LogP contribution is 2.19. The molecule has 1 aromatic rings. The lowest BCUT2D eigenvalue weighted by molar-refractivity contribution is -0.201. The Morgan fingerprint density at radius 3 is 2.45 bits per heavy atom. The van der Waals surface area contributed by atoms with Gasteiger partial charge in [-0.3, -0.25) is 4.79 Å². The summed E-state index contributed by atoms with van der Waals surface area (Å²) >= 11 is 0. The standard InChI is InChI=1S/C13H13F3N2O2/c14-13(15,16)11(19)8-18-12(20)10(7-17)6-9-4-2-1-3-5-9/h1-5,10-11,19H,6,8H2,(H,18,20). The van der Waals surface area contributed by atoms with Crippen LogP contribution < -0.4 is 5.32 Å². The number of nitrogens with one attached hydrogen (secondary N) is 1. The van der Waals surface area contributed by atoms with Crippen molar-refractivity contribution in [2.45, 2.75) is 18.7 Å². The molecule has 7 heteroatoms. The number of carbonyl (C=O) groups is 1. The summed E-state index contributed by atoms with van der Waals surface area (Å²) in [5.41, 5.74) is 0.727. The molecule has 20 heavy (non-hydrogen) atoms. The van der Waals surface area contributed by atoms with Gasteiger partial charge in [0.2, 0.25) is 5.91 Å². The molecule has 1 aromatic carbocycles. The number of aliphatic hydroxyl groups excluding tert-OH is 1. The number of hydrogen-bond donors (Lipinski definition) is 2. The van der Waals surface area contributed by atoms with Gasteiger partial charge < -0.3 is 10.4 Å². The first-order valence-corrected chi connectivity index (χ1v) is 5.80. The maximum Gasteiger partial charge on any atom is 0.416 e. The van der Waals surface area contributed by atoms with E-state index in [0.29, 0.717) is 0 Å². The van der Waals surface area contributed by atoms with Gasteiger partial charge >= 0.3 is 6.18 Å². The summed E-state index contributed by atoms with van der Waals surface area (Å²) in [4.78, 5) is 11.6. The molecule has 0 aromatic heterocycles. The molecule has 0 heterocycles. The molecular formula is C13H13F3N2O2. The topological polar surface area (TPSA) is 73.1 Å². The first kappa shape index (κ1) is 16.0. The molecule has 0 aliphatic carbocycles. The quantitative estimate of drug-likeness (QED) is 0.859. The zero-order chi connectivity index (χ0) is 15.2. The lowest BCUT2D eigenvalue weighted by Crippen LogP contribution is -2.42. The summed E-state index contributed by atoms with van der Waals surface area (Å²) in [6.45, 7) is -0.963. The average Bonchev–Trinajstić information content (AvgIpc) is 2.41. The molecule has 108 valence electrons. The lowest BCUT2D eigenvalue weighted by Gasteiger charge is -2.16. The monoisotopic (exact) mass is 286 g/mol. The van der Waals surface area contributed by atoms with E-state index in [1.807, 2.05) is 5.32 Å². The maximum absolute atomic E-state index is 12.1. The molecule has 0 radical (unpaired) electrons. The number of rotatable bonds is 5. The van der Waals surface area contributed by atoms with Crippen molar-refractivity contribution in [1.29, 1.82) is 5.26 Å². The molecule has 0 bridgehead atoms. The summed E-state index contributed by atoms with van der Waals surface area (Å²) in [6, 6.07) is 10.4. The van der Waals surface area contributed by atoms with E-state index in [0.717, 1.165) is 5.56 Å². The fourth-order valence-electron chi connectivity index (χ4n) is 1.48. The Kier molecular flexibility index (Phi) is 5.53. The van der Waals surface area contributed by atoms with Gasteiger partial charge in [-0.1, -0.05) is 30.3 Å². The molecule has 0 aliphatic rings. The van der Waals surface area contributed by atoms with Crippen LogP contribution in [0.25, 0.3) is 0 Å². The largest absolute Gasteiger partial charge is 0.416 e. The van der Waals surface area contributed by atoms with Crippen LogP contribution >= 0.6 is 0 Å². The van der Waals surface area contributed by atoms with Crippen molar-refractivity contribution >= 4 is 5.91 Å². The smallest absolute Gasteiger partial charge is 0.382 e. The van der Waals surface area contributed by atoms with Crippen LogP contribution in [0.1, 0.15) is 5.56 Å². The van der Waals surface area contributed by atoms with E-state index in [2.05, 4.69) is 0 Å². The summed E-state index contributed by atoms with van der Waals surface area (Å²) in [5.74, 6) is -1.93. The van der Waals surface area contributed by atoms with Gasteiger partial charge in [-0.15, -0.1) is 0 Å². The van der Waals surface area contributed by atoms with Crippen LogP contribution in [-0.4, -0.2) is 29.8 Å². The van der Waals surface area contributed by atoms with Crippen LogP contribution in [0.3, 0.4) is 0 Å². The van der Waals surface area contributed by atoms with Gasteiger partial charge in [0.05, 0.1) is 12.6 Å². The second-order valence-corrected chi connectivity index (χ2v) is 4.17. The highest BCUT2D eigenvalue weighted by atomic mass is 19.4. The number of amides is 1. The van der Waals surface area contributed by atoms with Crippen molar-refractivity contribution in [2.24, 2.45) is 5.92 Å². The number of hydrogen-bond acceptors (Lipinski definition) is 3. The van der Waals surface area contributed by atoms with Crippen molar-refractivity contribution in [3.63, 3.8) is 0 Å². The summed E-state index contributed by atoms with van der Waals surface area (Å²) in [5, 5.41) is 19.6. The molecule has 1 rings (SSSR count). The third kappa shape index (κ3) is 4.90. The van der Waals surface area contributed by atoms with Crippen LogP contribution in [-0.2, 0) is 11.2 Å². The number of nitrogens with zero attached hydrogens (tertiary/aromatic N) is 1. The minimum atomic E-state index is -4.80. The van der Waals surface area contributed by atoms with Gasteiger partial charge in [-0.2, -0.15) is 18.4 Å². The summed E-state index contributed by atoms with van der Waals surface area (Å²) < 4.78 is 36.2. The van der Waals surface area contributed by atoms with Crippen LogP contribution in [0.5, 0.6) is 0 Å². The number of carbonyl (C=O) groups excluding carboxylic acids is 1. The van der Waals surface area contributed by atoms with Crippen molar-refractivity contribution in [3.05, 3.63) is 35.9 Å². The Bertz CT molecular complexity index is 483. The molecule has 4 nitrogen and oxygen atoms in total. The van der Waals surface area contributed by atoms with Crippen molar-refractivity contribution in [3.8, 4) is 6.07 Å². The Morgan fingerprint density at radius 1 is 1.35 bits per heavy atom. The molecule has 1 amide bonds. The fraction of sp³-hybridized carbons (Fsp3) is 0.385. The molecule has 0 spiro atoms. The normalized spacial score (nSPS) is 14.2. The Labute approximate surface area is 113 Å². The second-order valence-electron chi connectivity index (χ2n) is 4.17. The zero-order valence-corrected chi connectivity index (χ0v) is 10.4. The predicted octanol–water partition coefficient (Wildman–Crippen LogP) is 1.41. The molecule has 2 atom stereocenters. The Hall–Kier alpha value is -2.07. The maximum atomic E-state index is 12.1. The molecule has 2 unspecified atom stereocenters. The van der Waals surface area contributed by atoms with E-state index < -0.39 is 30.7 Å². The van der Waals surface area contributed by atoms with Crippen LogP contribution in [0, 0.1) is 17.2 Å². The molecule has 0 fully saturated rings. The molecular weight excluding hydrogens is 273 g/mol. The van der Waals surface area contributed by atoms with Gasteiger partial charge in [-0.25, -0.2) is 0 Å². The Balaban J connectivity index is 2.54. The molecule has 0 saturated heterocycles. The van der Waals surface area contributed by atoms with Gasteiger partial charge in [0.25, 0.3) is 0 Å². The van der Waals surface area contributed by atoms with E-state index in [4.69, 9.17) is 10.4 Å². The summed E-state index contributed by atoms with van der Waals surface area (Å²) in [6.07, 6.45) is -7.33. The first-order valence-electron chi connectivity index (χ1n) is 5.80. The first-order chi connectivity index (χ1) is 9.34. The third-order valence-electron chi connectivity index (χ3n) is 2.60. The fourth-order valence-corrected chi connectivity index (χ4v) is 1.48. The van der Waals surface area contributed by atoms with Crippen LogP contribution in [0.2, 0.25) is 0 Å². The van der Waals surface area contributed by atoms with Crippen molar-refractivity contribution in [2.75, 3.05) is 6.54 Å². The minimum absolute atomic E-state index is 0.102. The van der Waals surface area contributed by atoms with Gasteiger partial charge in [0, 0.05) is 0 Å². The number of aliphatic hydroxyl groups is 1. The van der Waals surface area contributed by atoms with Crippen LogP contribution in [0.15, 0.2) is 30.3 Å². The van der Waals surface area contributed by atoms with E-state index in [9.17, 15) is 18.0 Å². The minimum Gasteiger partial charge on any atom is -0.382 e. The predicted molar refractivity (Wildman–Crippen MR) is 64.3 cm³/mol. The highest BCUT2D eigenvalue weighted by Gasteiger charge is 2.38. The van der Waals surface area contributed by atoms with Crippen LogP contribution in [0.4, 0.5) is 13.2 Å². The van der Waals surface area contributed by atoms with Crippen molar-refractivity contribution < 1.29 is 23.1 Å². The van der Waals surface area contributed by atoms with Crippen molar-refractivity contribution in [1.82, 2.24) is 5.32 Å². The van der Waals surface area contributed by atoms with Gasteiger partial charge in [0.15, 0.2) is 6.10 Å². The molecule has 0 saturated carbocycles. The number of halogens is 3. The zero-order valence-electron chi connectivity index (χ0n) is 10.4. The van der Waals surface area contributed by atoms with E-state index >= 15 is 0 Å². The van der Waals surface area contributed by atoms with Gasteiger partial charge in [-0.05, 0) is 12.0 Å². The highest BCUT2D eigenvalue weighted by molar-refractivity contribution is 5.81. The van der Waals surface area contributed by atoms with E-state index in [1.165, 1.54) is 0 Å². The van der Waals surface area contributed by atoms with E-state index in [1.54, 1.807) is 36.4 Å². The third-order valence-corrected chi connectivity index (χ3v) is 2.60. The summed E-state index contributed by atoms with van der Waals surface area (Å²) in [7, 11) is 0. The SMILES string of the molecule is N#CC(Cc1ccccc1)C(=O)NCC(O)C(F)(F)F. The number of alkyl halides is 3. The second kappa shape index (κ2) is 6.91. The lowest BCUT2D eigenvalue weighted by atomic mass is 10.00. The number of nitriles is 1. The van der Waals surface area contributed by atoms with Gasteiger partial charge in [0.1, 0.15) is 5.92 Å². The van der Waals surface area contributed by atoms with E-state index in [-0.39, 0.29) is 6.42 Å². The Morgan fingerprint density at radius 2 is 1.95 bits per heavy atom. The average molecular weight is 286 g/mol. The number of benzene rings is 1.